The Hall–Kier alpha value is -1.03. The van der Waals surface area contributed by atoms with Crippen molar-refractivity contribution in [1.29, 1.82) is 0 Å². The van der Waals surface area contributed by atoms with Gasteiger partial charge in [0, 0.05) is 0 Å². The predicted octanol–water partition coefficient (Wildman–Crippen LogP) is 3.66. The quantitative estimate of drug-likeness (QED) is 0.752. The van der Waals surface area contributed by atoms with Gasteiger partial charge >= 0.3 is 5.97 Å². The molecule has 0 spiro atoms. The van der Waals surface area contributed by atoms with Gasteiger partial charge in [-0.1, -0.05) is 26.0 Å². The number of esters is 1. The molecule has 1 aromatic carbocycles. The number of para-hydroxylation sites is 1. The molecule has 1 aromatic rings. The van der Waals surface area contributed by atoms with E-state index in [0.29, 0.717) is 12.5 Å². The van der Waals surface area contributed by atoms with Crippen molar-refractivity contribution in [3.63, 3.8) is 0 Å². The lowest BCUT2D eigenvalue weighted by Gasteiger charge is -2.17. The molecule has 1 atom stereocenters. The normalized spacial score (nSPS) is 12.3. The summed E-state index contributed by atoms with van der Waals surface area (Å²) in [6.45, 7) is 4.50. The molecule has 0 heterocycles. The number of halogens is 1. The summed E-state index contributed by atoms with van der Waals surface area (Å²) >= 11 is 3.41. The van der Waals surface area contributed by atoms with Crippen molar-refractivity contribution in [2.75, 3.05) is 13.7 Å². The van der Waals surface area contributed by atoms with Gasteiger partial charge in [-0.15, -0.1) is 0 Å². The average Bonchev–Trinajstić information content (AvgIpc) is 2.34. The molecule has 0 amide bonds. The largest absolute Gasteiger partial charge is 0.492 e. The summed E-state index contributed by atoms with van der Waals surface area (Å²) in [7, 11) is 1.41. The average molecular weight is 315 g/mol. The van der Waals surface area contributed by atoms with Crippen LogP contribution in [-0.4, -0.2) is 19.7 Å². The molecule has 0 saturated heterocycles. The minimum atomic E-state index is -0.220. The molecule has 1 rings (SSSR count). The van der Waals surface area contributed by atoms with Gasteiger partial charge in [-0.3, -0.25) is 4.79 Å². The van der Waals surface area contributed by atoms with Crippen LogP contribution in [0.4, 0.5) is 0 Å². The Morgan fingerprint density at radius 1 is 1.33 bits per heavy atom. The highest BCUT2D eigenvalue weighted by Crippen LogP contribution is 2.25. The van der Waals surface area contributed by atoms with E-state index in [9.17, 15) is 4.79 Å². The molecule has 0 aromatic heterocycles. The summed E-state index contributed by atoms with van der Waals surface area (Å²) in [6.07, 6.45) is 0.761. The molecule has 0 radical (unpaired) electrons. The topological polar surface area (TPSA) is 35.5 Å². The Morgan fingerprint density at radius 3 is 2.56 bits per heavy atom. The Labute approximate surface area is 117 Å². The van der Waals surface area contributed by atoms with Crippen LogP contribution < -0.4 is 4.74 Å². The fraction of sp³-hybridized carbons (Fsp3) is 0.500. The first kappa shape index (κ1) is 15.0. The van der Waals surface area contributed by atoms with E-state index in [1.807, 2.05) is 24.3 Å². The van der Waals surface area contributed by atoms with Gasteiger partial charge in [-0.05, 0) is 40.4 Å². The van der Waals surface area contributed by atoms with Crippen LogP contribution >= 0.6 is 15.9 Å². The second kappa shape index (κ2) is 7.41. The molecule has 0 fully saturated rings. The highest BCUT2D eigenvalue weighted by atomic mass is 79.9. The van der Waals surface area contributed by atoms with Gasteiger partial charge in [-0.2, -0.15) is 0 Å². The summed E-state index contributed by atoms with van der Waals surface area (Å²) in [5.41, 5.74) is 0. The fourth-order valence-corrected chi connectivity index (χ4v) is 2.12. The zero-order valence-corrected chi connectivity index (χ0v) is 12.6. The lowest BCUT2D eigenvalue weighted by Crippen LogP contribution is -2.24. The maximum atomic E-state index is 11.6. The molecule has 0 aliphatic heterocycles. The van der Waals surface area contributed by atoms with Crippen LogP contribution in [0.15, 0.2) is 28.7 Å². The minimum absolute atomic E-state index is 0.212. The summed E-state index contributed by atoms with van der Waals surface area (Å²) in [5, 5.41) is 0. The number of carbonyl (C=O) groups excluding carboxylic acids is 1. The number of benzene rings is 1. The van der Waals surface area contributed by atoms with E-state index in [4.69, 9.17) is 9.47 Å². The Balaban J connectivity index is 2.62. The maximum Gasteiger partial charge on any atom is 0.312 e. The van der Waals surface area contributed by atoms with Gasteiger partial charge in [0.15, 0.2) is 0 Å². The van der Waals surface area contributed by atoms with Crippen LogP contribution in [0.1, 0.15) is 20.3 Å². The smallest absolute Gasteiger partial charge is 0.312 e. The molecule has 3 nitrogen and oxygen atoms in total. The third-order valence-corrected chi connectivity index (χ3v) is 3.22. The number of hydrogen-bond acceptors (Lipinski definition) is 3. The molecule has 1 unspecified atom stereocenters. The SMILES string of the molecule is COC(=O)C(COc1ccccc1Br)CC(C)C. The first-order valence-corrected chi connectivity index (χ1v) is 6.79. The van der Waals surface area contributed by atoms with Crippen molar-refractivity contribution in [2.45, 2.75) is 20.3 Å². The van der Waals surface area contributed by atoms with Gasteiger partial charge < -0.3 is 9.47 Å². The Kier molecular flexibility index (Phi) is 6.19. The first-order chi connectivity index (χ1) is 8.54. The van der Waals surface area contributed by atoms with Crippen molar-refractivity contribution in [3.05, 3.63) is 28.7 Å². The lowest BCUT2D eigenvalue weighted by atomic mass is 9.98. The van der Waals surface area contributed by atoms with Crippen LogP contribution in [0.3, 0.4) is 0 Å². The summed E-state index contributed by atoms with van der Waals surface area (Å²) in [4.78, 5) is 11.6. The van der Waals surface area contributed by atoms with E-state index < -0.39 is 0 Å². The third-order valence-electron chi connectivity index (χ3n) is 2.57. The molecular weight excluding hydrogens is 296 g/mol. The Bertz CT molecular complexity index is 390. The predicted molar refractivity (Wildman–Crippen MR) is 74.6 cm³/mol. The fourth-order valence-electron chi connectivity index (χ4n) is 1.72. The maximum absolute atomic E-state index is 11.6. The zero-order chi connectivity index (χ0) is 13.5. The number of rotatable bonds is 6. The highest BCUT2D eigenvalue weighted by molar-refractivity contribution is 9.10. The van der Waals surface area contributed by atoms with Gasteiger partial charge in [0.05, 0.1) is 17.5 Å². The zero-order valence-electron chi connectivity index (χ0n) is 11.0. The van der Waals surface area contributed by atoms with E-state index in [2.05, 4.69) is 29.8 Å². The molecule has 0 N–H and O–H groups in total. The van der Waals surface area contributed by atoms with Crippen molar-refractivity contribution in [3.8, 4) is 5.75 Å². The first-order valence-electron chi connectivity index (χ1n) is 5.99. The second-order valence-electron chi connectivity index (χ2n) is 4.59. The monoisotopic (exact) mass is 314 g/mol. The summed E-state index contributed by atoms with van der Waals surface area (Å²) in [5.74, 6) is 0.741. The van der Waals surface area contributed by atoms with Crippen LogP contribution in [0.5, 0.6) is 5.75 Å². The van der Waals surface area contributed by atoms with Crippen LogP contribution in [0.2, 0.25) is 0 Å². The van der Waals surface area contributed by atoms with E-state index in [0.717, 1.165) is 16.6 Å². The minimum Gasteiger partial charge on any atom is -0.492 e. The van der Waals surface area contributed by atoms with E-state index >= 15 is 0 Å². The van der Waals surface area contributed by atoms with Gasteiger partial charge in [0.1, 0.15) is 12.4 Å². The van der Waals surface area contributed by atoms with Crippen molar-refractivity contribution < 1.29 is 14.3 Å². The van der Waals surface area contributed by atoms with Crippen LogP contribution in [-0.2, 0) is 9.53 Å². The molecular formula is C14H19BrO3. The third kappa shape index (κ3) is 4.69. The molecule has 4 heteroatoms. The lowest BCUT2D eigenvalue weighted by molar-refractivity contribution is -0.147. The number of hydrogen-bond donors (Lipinski definition) is 0. The van der Waals surface area contributed by atoms with Crippen LogP contribution in [0.25, 0.3) is 0 Å². The van der Waals surface area contributed by atoms with Crippen molar-refractivity contribution >= 4 is 21.9 Å². The van der Waals surface area contributed by atoms with Crippen molar-refractivity contribution in [2.24, 2.45) is 11.8 Å². The van der Waals surface area contributed by atoms with Gasteiger partial charge in [-0.25, -0.2) is 0 Å². The van der Waals surface area contributed by atoms with Crippen LogP contribution in [0, 0.1) is 11.8 Å². The number of carbonyl (C=O) groups is 1. The molecule has 0 aliphatic carbocycles. The van der Waals surface area contributed by atoms with Gasteiger partial charge in [0.2, 0.25) is 0 Å². The second-order valence-corrected chi connectivity index (χ2v) is 5.45. The summed E-state index contributed by atoms with van der Waals surface area (Å²) in [6, 6.07) is 7.59. The Morgan fingerprint density at radius 2 is 2.00 bits per heavy atom. The molecule has 100 valence electrons. The highest BCUT2D eigenvalue weighted by Gasteiger charge is 2.21. The molecule has 0 saturated carbocycles. The van der Waals surface area contributed by atoms with E-state index in [1.54, 1.807) is 0 Å². The molecule has 18 heavy (non-hydrogen) atoms. The number of methoxy groups -OCH3 is 1. The molecule has 0 bridgehead atoms. The standard InChI is InChI=1S/C14H19BrO3/c1-10(2)8-11(14(16)17-3)9-18-13-7-5-4-6-12(13)15/h4-7,10-11H,8-9H2,1-3H3. The van der Waals surface area contributed by atoms with E-state index in [1.165, 1.54) is 7.11 Å². The van der Waals surface area contributed by atoms with Crippen molar-refractivity contribution in [1.82, 2.24) is 0 Å². The van der Waals surface area contributed by atoms with E-state index in [-0.39, 0.29) is 11.9 Å². The summed E-state index contributed by atoms with van der Waals surface area (Å²) < 4.78 is 11.4. The number of ether oxygens (including phenoxy) is 2. The molecule has 0 aliphatic rings. The van der Waals surface area contributed by atoms with Gasteiger partial charge in [0.25, 0.3) is 0 Å².